The molecule has 1 aromatic rings. The molecule has 0 amide bonds. The molecule has 1 aromatic heterocycles. The van der Waals surface area contributed by atoms with Gasteiger partial charge in [-0.1, -0.05) is 32.1 Å². The number of rotatable bonds is 4. The van der Waals surface area contributed by atoms with E-state index < -0.39 is 0 Å². The van der Waals surface area contributed by atoms with Crippen LogP contribution in [-0.2, 0) is 13.5 Å². The van der Waals surface area contributed by atoms with Crippen molar-refractivity contribution in [2.75, 3.05) is 0 Å². The largest absolute Gasteiger partial charge is 0.357 e. The molecular weight excluding hydrogens is 196 g/mol. The Morgan fingerprint density at radius 1 is 1.38 bits per heavy atom. The Morgan fingerprint density at radius 3 is 2.75 bits per heavy atom. The summed E-state index contributed by atoms with van der Waals surface area (Å²) >= 11 is 0. The first-order valence-corrected chi connectivity index (χ1v) is 6.60. The van der Waals surface area contributed by atoms with E-state index in [0.717, 1.165) is 12.3 Å². The van der Waals surface area contributed by atoms with Crippen molar-refractivity contribution < 1.29 is 0 Å². The number of aromatic nitrogens is 1. The third-order valence-electron chi connectivity index (χ3n) is 3.75. The van der Waals surface area contributed by atoms with E-state index in [2.05, 4.69) is 30.1 Å². The van der Waals surface area contributed by atoms with Gasteiger partial charge in [0.1, 0.15) is 0 Å². The molecule has 1 aliphatic carbocycles. The van der Waals surface area contributed by atoms with Gasteiger partial charge in [0.2, 0.25) is 0 Å². The summed E-state index contributed by atoms with van der Waals surface area (Å²) in [5, 5.41) is 0. The molecule has 1 aliphatic rings. The minimum absolute atomic E-state index is 0.352. The highest BCUT2D eigenvalue weighted by Crippen LogP contribution is 2.27. The Balaban J connectivity index is 1.77. The van der Waals surface area contributed by atoms with E-state index in [9.17, 15) is 0 Å². The van der Waals surface area contributed by atoms with Crippen LogP contribution in [0.5, 0.6) is 0 Å². The van der Waals surface area contributed by atoms with Crippen LogP contribution in [0.15, 0.2) is 18.5 Å². The Labute approximate surface area is 98.8 Å². The SMILES string of the molecule is Cn1ccc(CC(N)CC2CCCCC2)c1. The summed E-state index contributed by atoms with van der Waals surface area (Å²) in [5.41, 5.74) is 7.62. The maximum atomic E-state index is 6.24. The second-order valence-corrected chi connectivity index (χ2v) is 5.39. The molecule has 16 heavy (non-hydrogen) atoms. The molecule has 0 saturated heterocycles. The van der Waals surface area contributed by atoms with E-state index in [-0.39, 0.29) is 0 Å². The van der Waals surface area contributed by atoms with E-state index in [4.69, 9.17) is 5.73 Å². The summed E-state index contributed by atoms with van der Waals surface area (Å²) in [5.74, 6) is 0.896. The predicted molar refractivity (Wildman–Crippen MR) is 68.3 cm³/mol. The van der Waals surface area contributed by atoms with Crippen molar-refractivity contribution in [3.8, 4) is 0 Å². The van der Waals surface area contributed by atoms with Gasteiger partial charge >= 0.3 is 0 Å². The van der Waals surface area contributed by atoms with Crippen molar-refractivity contribution in [1.29, 1.82) is 0 Å². The van der Waals surface area contributed by atoms with E-state index in [1.807, 2.05) is 0 Å². The summed E-state index contributed by atoms with van der Waals surface area (Å²) in [6, 6.07) is 2.53. The summed E-state index contributed by atoms with van der Waals surface area (Å²) < 4.78 is 2.10. The molecule has 0 aliphatic heterocycles. The molecule has 1 unspecified atom stereocenters. The molecule has 0 radical (unpaired) electrons. The van der Waals surface area contributed by atoms with Crippen molar-refractivity contribution in [1.82, 2.24) is 4.57 Å². The maximum absolute atomic E-state index is 6.24. The molecule has 1 saturated carbocycles. The Bertz CT molecular complexity index is 310. The van der Waals surface area contributed by atoms with Crippen LogP contribution in [0.2, 0.25) is 0 Å². The molecule has 0 bridgehead atoms. The van der Waals surface area contributed by atoms with Crippen LogP contribution in [-0.4, -0.2) is 10.6 Å². The lowest BCUT2D eigenvalue weighted by Crippen LogP contribution is -2.26. The van der Waals surface area contributed by atoms with Gasteiger partial charge in [0.15, 0.2) is 0 Å². The fourth-order valence-corrected chi connectivity index (χ4v) is 2.92. The topological polar surface area (TPSA) is 30.9 Å². The van der Waals surface area contributed by atoms with E-state index in [1.54, 1.807) is 0 Å². The fourth-order valence-electron chi connectivity index (χ4n) is 2.92. The fraction of sp³-hybridized carbons (Fsp3) is 0.714. The third-order valence-corrected chi connectivity index (χ3v) is 3.75. The zero-order valence-electron chi connectivity index (χ0n) is 10.4. The van der Waals surface area contributed by atoms with Gasteiger partial charge in [-0.05, 0) is 30.4 Å². The number of nitrogens with zero attached hydrogens (tertiary/aromatic N) is 1. The van der Waals surface area contributed by atoms with Crippen molar-refractivity contribution in [2.24, 2.45) is 18.7 Å². The first-order valence-electron chi connectivity index (χ1n) is 6.60. The van der Waals surface area contributed by atoms with Gasteiger partial charge in [-0.15, -0.1) is 0 Å². The molecule has 1 fully saturated rings. The van der Waals surface area contributed by atoms with Gasteiger partial charge in [0, 0.05) is 25.5 Å². The van der Waals surface area contributed by atoms with Crippen molar-refractivity contribution in [2.45, 2.75) is 51.0 Å². The summed E-state index contributed by atoms with van der Waals surface area (Å²) in [7, 11) is 2.07. The van der Waals surface area contributed by atoms with Crippen molar-refractivity contribution in [3.63, 3.8) is 0 Å². The zero-order chi connectivity index (χ0) is 11.4. The molecule has 0 aromatic carbocycles. The first kappa shape index (κ1) is 11.7. The Morgan fingerprint density at radius 2 is 2.12 bits per heavy atom. The lowest BCUT2D eigenvalue weighted by atomic mass is 9.84. The van der Waals surface area contributed by atoms with Gasteiger partial charge in [-0.3, -0.25) is 0 Å². The van der Waals surface area contributed by atoms with Crippen LogP contribution in [0, 0.1) is 5.92 Å². The molecule has 1 heterocycles. The van der Waals surface area contributed by atoms with Crippen LogP contribution in [0.1, 0.15) is 44.1 Å². The van der Waals surface area contributed by atoms with Gasteiger partial charge in [-0.2, -0.15) is 0 Å². The second-order valence-electron chi connectivity index (χ2n) is 5.39. The van der Waals surface area contributed by atoms with Crippen LogP contribution >= 0.6 is 0 Å². The second kappa shape index (κ2) is 5.53. The van der Waals surface area contributed by atoms with Crippen molar-refractivity contribution >= 4 is 0 Å². The minimum atomic E-state index is 0.352. The highest BCUT2D eigenvalue weighted by molar-refractivity contribution is 5.11. The Kier molecular flexibility index (Phi) is 4.05. The van der Waals surface area contributed by atoms with Crippen LogP contribution in [0.4, 0.5) is 0 Å². The third kappa shape index (κ3) is 3.38. The number of aryl methyl sites for hydroxylation is 1. The van der Waals surface area contributed by atoms with Crippen LogP contribution in [0.3, 0.4) is 0 Å². The average Bonchev–Trinajstić information content (AvgIpc) is 2.65. The van der Waals surface area contributed by atoms with Gasteiger partial charge in [0.25, 0.3) is 0 Å². The smallest absolute Gasteiger partial charge is 0.0106 e. The molecule has 0 spiro atoms. The molecular formula is C14H24N2. The van der Waals surface area contributed by atoms with Crippen LogP contribution in [0.25, 0.3) is 0 Å². The molecule has 1 atom stereocenters. The average molecular weight is 220 g/mol. The highest BCUT2D eigenvalue weighted by atomic mass is 14.9. The quantitative estimate of drug-likeness (QED) is 0.831. The lowest BCUT2D eigenvalue weighted by molar-refractivity contribution is 0.317. The summed E-state index contributed by atoms with van der Waals surface area (Å²) in [6.45, 7) is 0. The van der Waals surface area contributed by atoms with E-state index >= 15 is 0 Å². The number of nitrogens with two attached hydrogens (primary N) is 1. The predicted octanol–water partition coefficient (Wildman–Crippen LogP) is 2.87. The summed E-state index contributed by atoms with van der Waals surface area (Å²) in [4.78, 5) is 0. The zero-order valence-corrected chi connectivity index (χ0v) is 10.4. The molecule has 2 heteroatoms. The number of hydrogen-bond acceptors (Lipinski definition) is 1. The highest BCUT2D eigenvalue weighted by Gasteiger charge is 2.16. The van der Waals surface area contributed by atoms with Gasteiger partial charge in [-0.25, -0.2) is 0 Å². The maximum Gasteiger partial charge on any atom is 0.0106 e. The van der Waals surface area contributed by atoms with E-state index in [1.165, 1.54) is 44.1 Å². The first-order chi connectivity index (χ1) is 7.74. The monoisotopic (exact) mass is 220 g/mol. The number of hydrogen-bond donors (Lipinski definition) is 1. The minimum Gasteiger partial charge on any atom is -0.357 e. The molecule has 2 N–H and O–H groups in total. The van der Waals surface area contributed by atoms with E-state index in [0.29, 0.717) is 6.04 Å². The van der Waals surface area contributed by atoms with Gasteiger partial charge < -0.3 is 10.3 Å². The normalized spacial score (nSPS) is 19.9. The van der Waals surface area contributed by atoms with Crippen molar-refractivity contribution in [3.05, 3.63) is 24.0 Å². The molecule has 2 rings (SSSR count). The molecule has 2 nitrogen and oxygen atoms in total. The Hall–Kier alpha value is -0.760. The standard InChI is InChI=1S/C14H24N2/c1-16-8-7-13(11-16)10-14(15)9-12-5-3-2-4-6-12/h7-8,11-12,14H,2-6,9-10,15H2,1H3. The lowest BCUT2D eigenvalue weighted by Gasteiger charge is -2.24. The summed E-state index contributed by atoms with van der Waals surface area (Å²) in [6.07, 6.45) is 13.6. The van der Waals surface area contributed by atoms with Crippen LogP contribution < -0.4 is 5.73 Å². The molecule has 90 valence electrons. The van der Waals surface area contributed by atoms with Gasteiger partial charge in [0.05, 0.1) is 0 Å².